The van der Waals surface area contributed by atoms with Gasteiger partial charge in [-0.1, -0.05) is 36.0 Å². The van der Waals surface area contributed by atoms with Crippen LogP contribution < -0.4 is 4.74 Å². The van der Waals surface area contributed by atoms with Crippen LogP contribution in [0.5, 0.6) is 5.75 Å². The largest absolute Gasteiger partial charge is 0.494 e. The highest BCUT2D eigenvalue weighted by molar-refractivity contribution is 7.99. The fourth-order valence-corrected chi connectivity index (χ4v) is 2.93. The Labute approximate surface area is 145 Å². The lowest BCUT2D eigenvalue weighted by atomic mass is 10.3. The van der Waals surface area contributed by atoms with Gasteiger partial charge in [0.1, 0.15) is 11.4 Å². The van der Waals surface area contributed by atoms with Crippen molar-refractivity contribution in [3.63, 3.8) is 0 Å². The van der Waals surface area contributed by atoms with E-state index in [-0.39, 0.29) is 11.7 Å². The Morgan fingerprint density at radius 1 is 1.42 bits per heavy atom. The number of benzene rings is 1. The minimum atomic E-state index is 0.0278. The molecular weight excluding hydrogens is 326 g/mol. The maximum atomic E-state index is 12.3. The minimum absolute atomic E-state index is 0.0278. The van der Waals surface area contributed by atoms with Crippen molar-refractivity contribution < 1.29 is 9.53 Å². The highest BCUT2D eigenvalue weighted by Gasteiger charge is 2.17. The molecular formula is C16H21N5O2S. The van der Waals surface area contributed by atoms with Gasteiger partial charge in [0.2, 0.25) is 11.1 Å². The van der Waals surface area contributed by atoms with Crippen molar-refractivity contribution in [1.82, 2.24) is 25.1 Å². The smallest absolute Gasteiger partial charge is 0.233 e. The average Bonchev–Trinajstić information content (AvgIpc) is 3.05. The molecule has 0 aliphatic heterocycles. The van der Waals surface area contributed by atoms with Gasteiger partial charge in [-0.15, -0.1) is 5.10 Å². The normalized spacial score (nSPS) is 10.5. The number of thioether (sulfide) groups is 1. The number of nitrogens with zero attached hydrogens (tertiary/aromatic N) is 5. The third-order valence-corrected chi connectivity index (χ3v) is 4.18. The van der Waals surface area contributed by atoms with Gasteiger partial charge >= 0.3 is 0 Å². The predicted octanol–water partition coefficient (Wildman–Crippen LogP) is 2.19. The summed E-state index contributed by atoms with van der Waals surface area (Å²) in [6, 6.07) is 7.45. The van der Waals surface area contributed by atoms with E-state index in [4.69, 9.17) is 4.74 Å². The molecule has 0 radical (unpaired) electrons. The maximum absolute atomic E-state index is 12.3. The molecule has 0 spiro atoms. The van der Waals surface area contributed by atoms with E-state index in [0.717, 1.165) is 11.3 Å². The van der Waals surface area contributed by atoms with Crippen molar-refractivity contribution in [2.45, 2.75) is 19.0 Å². The Bertz CT molecular complexity index is 716. The van der Waals surface area contributed by atoms with Crippen molar-refractivity contribution in [2.75, 3.05) is 26.0 Å². The standard InChI is InChI=1S/C16H21N5O2S/c1-5-20(10-12(2)3)15(22)11-24-16-17-18-19-21(16)13-8-6-7-9-14(13)23-4/h6-9H,2,5,10-11H2,1,3-4H3. The Morgan fingerprint density at radius 3 is 2.83 bits per heavy atom. The summed E-state index contributed by atoms with van der Waals surface area (Å²) in [5, 5.41) is 12.3. The van der Waals surface area contributed by atoms with Gasteiger partial charge in [0.05, 0.1) is 12.9 Å². The highest BCUT2D eigenvalue weighted by Crippen LogP contribution is 2.25. The van der Waals surface area contributed by atoms with Crippen LogP contribution in [0.15, 0.2) is 41.6 Å². The first-order chi connectivity index (χ1) is 11.6. The monoisotopic (exact) mass is 347 g/mol. The van der Waals surface area contributed by atoms with Crippen molar-refractivity contribution >= 4 is 17.7 Å². The van der Waals surface area contributed by atoms with Crippen LogP contribution >= 0.6 is 11.8 Å². The van der Waals surface area contributed by atoms with E-state index in [1.54, 1.807) is 16.7 Å². The summed E-state index contributed by atoms with van der Waals surface area (Å²) in [7, 11) is 1.59. The first-order valence-electron chi connectivity index (χ1n) is 7.53. The molecule has 0 N–H and O–H groups in total. The van der Waals surface area contributed by atoms with Crippen LogP contribution in [-0.4, -0.2) is 57.0 Å². The Morgan fingerprint density at radius 2 is 2.17 bits per heavy atom. The summed E-state index contributed by atoms with van der Waals surface area (Å²) in [5.41, 5.74) is 1.68. The topological polar surface area (TPSA) is 73.1 Å². The molecule has 128 valence electrons. The van der Waals surface area contributed by atoms with Crippen LogP contribution in [0.3, 0.4) is 0 Å². The second-order valence-corrected chi connectivity index (χ2v) is 6.14. The zero-order chi connectivity index (χ0) is 17.5. The lowest BCUT2D eigenvalue weighted by Crippen LogP contribution is -2.33. The lowest BCUT2D eigenvalue weighted by molar-refractivity contribution is -0.127. The fraction of sp³-hybridized carbons (Fsp3) is 0.375. The van der Waals surface area contributed by atoms with Gasteiger partial charge in [-0.05, 0) is 36.4 Å². The molecule has 7 nitrogen and oxygen atoms in total. The minimum Gasteiger partial charge on any atom is -0.494 e. The van der Waals surface area contributed by atoms with Crippen molar-refractivity contribution in [3.8, 4) is 11.4 Å². The number of aromatic nitrogens is 4. The lowest BCUT2D eigenvalue weighted by Gasteiger charge is -2.20. The zero-order valence-corrected chi connectivity index (χ0v) is 14.9. The molecule has 0 saturated carbocycles. The molecule has 0 unspecified atom stereocenters. The van der Waals surface area contributed by atoms with E-state index in [2.05, 4.69) is 22.1 Å². The molecule has 0 aliphatic carbocycles. The predicted molar refractivity (Wildman–Crippen MR) is 93.5 cm³/mol. The van der Waals surface area contributed by atoms with Gasteiger partial charge < -0.3 is 9.64 Å². The number of ether oxygens (including phenoxy) is 1. The summed E-state index contributed by atoms with van der Waals surface area (Å²) in [6.45, 7) is 8.92. The first kappa shape index (κ1) is 18.0. The molecule has 1 aromatic heterocycles. The number of likely N-dealkylation sites (N-methyl/N-ethyl adjacent to an activating group) is 1. The fourth-order valence-electron chi connectivity index (χ4n) is 2.14. The first-order valence-corrected chi connectivity index (χ1v) is 8.52. The van der Waals surface area contributed by atoms with Crippen molar-refractivity contribution in [1.29, 1.82) is 0 Å². The summed E-state index contributed by atoms with van der Waals surface area (Å²) in [6.07, 6.45) is 0. The van der Waals surface area contributed by atoms with E-state index >= 15 is 0 Å². The molecule has 0 fully saturated rings. The zero-order valence-electron chi connectivity index (χ0n) is 14.1. The van der Waals surface area contributed by atoms with Crippen molar-refractivity contribution in [3.05, 3.63) is 36.4 Å². The third-order valence-electron chi connectivity index (χ3n) is 3.27. The average molecular weight is 347 g/mol. The van der Waals surface area contributed by atoms with Crippen molar-refractivity contribution in [2.24, 2.45) is 0 Å². The summed E-state index contributed by atoms with van der Waals surface area (Å²) in [5.74, 6) is 0.951. The number of hydrogen-bond acceptors (Lipinski definition) is 6. The van der Waals surface area contributed by atoms with Gasteiger partial charge in [0.25, 0.3) is 0 Å². The Kier molecular flexibility index (Phi) is 6.36. The van der Waals surface area contributed by atoms with Crippen LogP contribution in [0.4, 0.5) is 0 Å². The third kappa shape index (κ3) is 4.35. The van der Waals surface area contributed by atoms with Crippen LogP contribution in [0, 0.1) is 0 Å². The highest BCUT2D eigenvalue weighted by atomic mass is 32.2. The number of hydrogen-bond donors (Lipinski definition) is 0. The number of amides is 1. The van der Waals surface area contributed by atoms with E-state index in [1.807, 2.05) is 38.1 Å². The van der Waals surface area contributed by atoms with Gasteiger partial charge in [-0.3, -0.25) is 4.79 Å². The number of carbonyl (C=O) groups is 1. The van der Waals surface area contributed by atoms with E-state index < -0.39 is 0 Å². The van der Waals surface area contributed by atoms with Gasteiger partial charge in [-0.25, -0.2) is 0 Å². The van der Waals surface area contributed by atoms with Crippen LogP contribution in [0.2, 0.25) is 0 Å². The van der Waals surface area contributed by atoms with Gasteiger partial charge in [0, 0.05) is 13.1 Å². The number of methoxy groups -OCH3 is 1. The summed E-state index contributed by atoms with van der Waals surface area (Å²) >= 11 is 1.30. The molecule has 1 heterocycles. The molecule has 24 heavy (non-hydrogen) atoms. The van der Waals surface area contributed by atoms with Crippen LogP contribution in [0.25, 0.3) is 5.69 Å². The molecule has 0 bridgehead atoms. The van der Waals surface area contributed by atoms with E-state index in [1.165, 1.54) is 11.8 Å². The number of para-hydroxylation sites is 2. The van der Waals surface area contributed by atoms with E-state index in [0.29, 0.717) is 24.0 Å². The molecule has 2 rings (SSSR count). The maximum Gasteiger partial charge on any atom is 0.233 e. The van der Waals surface area contributed by atoms with Crippen LogP contribution in [0.1, 0.15) is 13.8 Å². The SMILES string of the molecule is C=C(C)CN(CC)C(=O)CSc1nnnn1-c1ccccc1OC. The number of rotatable bonds is 8. The molecule has 1 aromatic carbocycles. The van der Waals surface area contributed by atoms with Gasteiger partial charge in [0.15, 0.2) is 0 Å². The Hall–Kier alpha value is -2.35. The molecule has 8 heteroatoms. The second-order valence-electron chi connectivity index (χ2n) is 5.20. The quantitative estimate of drug-likeness (QED) is 0.538. The number of tetrazole rings is 1. The number of carbonyl (C=O) groups excluding carboxylic acids is 1. The van der Waals surface area contributed by atoms with Crippen LogP contribution in [-0.2, 0) is 4.79 Å². The second kappa shape index (κ2) is 8.49. The van der Waals surface area contributed by atoms with E-state index in [9.17, 15) is 4.79 Å². The van der Waals surface area contributed by atoms with Gasteiger partial charge in [-0.2, -0.15) is 4.68 Å². The molecule has 0 saturated heterocycles. The summed E-state index contributed by atoms with van der Waals surface area (Å²) in [4.78, 5) is 14.1. The molecule has 1 amide bonds. The molecule has 2 aromatic rings. The molecule has 0 aliphatic rings. The molecule has 0 atom stereocenters. The summed E-state index contributed by atoms with van der Waals surface area (Å²) < 4.78 is 6.91. The Balaban J connectivity index is 2.11.